The molecule has 0 saturated carbocycles. The molecule has 2 aliphatic heterocycles. The Morgan fingerprint density at radius 3 is 2.34 bits per heavy atom. The highest BCUT2D eigenvalue weighted by atomic mass is 16.5. The molecule has 2 fully saturated rings. The molecule has 2 saturated heterocycles. The number of hydrogen-bond acceptors (Lipinski definition) is 4. The molecule has 29 heavy (non-hydrogen) atoms. The molecule has 158 valence electrons. The Labute approximate surface area is 172 Å². The molecule has 7 heteroatoms. The number of benzene rings is 1. The highest BCUT2D eigenvalue weighted by molar-refractivity contribution is 5.92. The molecule has 1 atom stereocenters. The summed E-state index contributed by atoms with van der Waals surface area (Å²) in [4.78, 5) is 26.8. The smallest absolute Gasteiger partial charge is 0.407 e. The van der Waals surface area contributed by atoms with Crippen molar-refractivity contribution in [2.45, 2.75) is 46.1 Å². The normalized spacial score (nSPS) is 21.7. The van der Waals surface area contributed by atoms with Crippen LogP contribution in [0.15, 0.2) is 30.3 Å². The Morgan fingerprint density at radius 1 is 1.14 bits per heavy atom. The van der Waals surface area contributed by atoms with Crippen molar-refractivity contribution in [2.75, 3.05) is 24.5 Å². The van der Waals surface area contributed by atoms with E-state index in [1.165, 1.54) is 11.0 Å². The minimum atomic E-state index is -0.834. The number of piperidine rings is 1. The molecule has 7 nitrogen and oxygen atoms in total. The zero-order chi connectivity index (χ0) is 21.2. The van der Waals surface area contributed by atoms with Gasteiger partial charge in [0.05, 0.1) is 0 Å². The lowest BCUT2D eigenvalue weighted by Gasteiger charge is -2.49. The van der Waals surface area contributed by atoms with Crippen LogP contribution in [0.1, 0.15) is 45.6 Å². The van der Waals surface area contributed by atoms with Gasteiger partial charge in [0.2, 0.25) is 0 Å². The number of likely N-dealkylation sites (tertiary alicyclic amines) is 1. The summed E-state index contributed by atoms with van der Waals surface area (Å²) in [6.07, 6.45) is 4.96. The second kappa shape index (κ2) is 8.06. The van der Waals surface area contributed by atoms with Crippen LogP contribution in [-0.2, 0) is 4.79 Å². The van der Waals surface area contributed by atoms with E-state index >= 15 is 0 Å². The first-order valence-electron chi connectivity index (χ1n) is 10.1. The third kappa shape index (κ3) is 4.24. The van der Waals surface area contributed by atoms with Crippen LogP contribution in [0.2, 0.25) is 0 Å². The van der Waals surface area contributed by atoms with E-state index in [1.807, 2.05) is 18.2 Å². The summed E-state index contributed by atoms with van der Waals surface area (Å²) < 4.78 is 0. The maximum atomic E-state index is 11.5. The largest absolute Gasteiger partial charge is 0.465 e. The number of nitrogens with one attached hydrogen (secondary N) is 1. The van der Waals surface area contributed by atoms with Crippen LogP contribution in [-0.4, -0.2) is 52.9 Å². The number of carbonyl (C=O) groups is 2. The van der Waals surface area contributed by atoms with Gasteiger partial charge in [0.1, 0.15) is 0 Å². The molecule has 1 spiro atoms. The molecule has 1 aromatic carbocycles. The van der Waals surface area contributed by atoms with Crippen molar-refractivity contribution in [3.8, 4) is 0 Å². The van der Waals surface area contributed by atoms with E-state index in [-0.39, 0.29) is 16.9 Å². The van der Waals surface area contributed by atoms with E-state index < -0.39 is 12.0 Å². The highest BCUT2D eigenvalue weighted by Crippen LogP contribution is 2.53. The average molecular weight is 402 g/mol. The van der Waals surface area contributed by atoms with Gasteiger partial charge in [0, 0.05) is 37.4 Å². The topological polar surface area (TPSA) is 93.1 Å². The molecular formula is C22H31N3O4. The summed E-state index contributed by atoms with van der Waals surface area (Å²) >= 11 is 0. The molecular weight excluding hydrogens is 370 g/mol. The van der Waals surface area contributed by atoms with Gasteiger partial charge in [0.15, 0.2) is 0 Å². The van der Waals surface area contributed by atoms with E-state index in [0.717, 1.165) is 37.1 Å². The number of carboxylic acid groups (broad SMARTS) is 1. The lowest BCUT2D eigenvalue weighted by Crippen LogP contribution is -2.53. The van der Waals surface area contributed by atoms with Crippen LogP contribution in [0.5, 0.6) is 0 Å². The fraction of sp³-hybridized carbons (Fsp3) is 0.545. The summed E-state index contributed by atoms with van der Waals surface area (Å²) in [5.41, 5.74) is 3.68. The predicted molar refractivity (Wildman–Crippen MR) is 112 cm³/mol. The van der Waals surface area contributed by atoms with Crippen molar-refractivity contribution in [3.63, 3.8) is 0 Å². The fourth-order valence-corrected chi connectivity index (χ4v) is 5.34. The number of amides is 2. The van der Waals surface area contributed by atoms with Crippen molar-refractivity contribution < 1.29 is 19.9 Å². The van der Waals surface area contributed by atoms with Gasteiger partial charge in [-0.05, 0) is 47.8 Å². The van der Waals surface area contributed by atoms with Gasteiger partial charge in [0.25, 0.3) is 5.91 Å². The van der Waals surface area contributed by atoms with Crippen molar-refractivity contribution in [1.82, 2.24) is 10.4 Å². The standard InChI is InChI=1S/C22H31N3O4/c1-21(2,3)19-22(10-13-24(14-11-22)20(27)28)12-15-25(19)17-7-5-4-6-16(17)8-9-18(26)23-29/h4-9,19,29H,10-15H2,1-3H3,(H,23,26)(H,27,28)/b9-8+. The van der Waals surface area contributed by atoms with Crippen molar-refractivity contribution >= 4 is 23.8 Å². The van der Waals surface area contributed by atoms with E-state index in [9.17, 15) is 14.7 Å². The quantitative estimate of drug-likeness (QED) is 0.409. The summed E-state index contributed by atoms with van der Waals surface area (Å²) in [7, 11) is 0. The molecule has 1 aromatic rings. The lowest BCUT2D eigenvalue weighted by atomic mass is 9.64. The molecule has 3 N–H and O–H groups in total. The van der Waals surface area contributed by atoms with E-state index in [4.69, 9.17) is 5.21 Å². The molecule has 2 heterocycles. The SMILES string of the molecule is CC(C)(C)C1N(c2ccccc2/C=C/C(=O)NO)CCC12CCN(C(=O)O)CC2. The van der Waals surface area contributed by atoms with Gasteiger partial charge in [-0.3, -0.25) is 10.0 Å². The Kier molecular flexibility index (Phi) is 5.89. The van der Waals surface area contributed by atoms with Crippen LogP contribution >= 0.6 is 0 Å². The Balaban J connectivity index is 1.94. The monoisotopic (exact) mass is 401 g/mol. The number of hydrogen-bond donors (Lipinski definition) is 3. The summed E-state index contributed by atoms with van der Waals surface area (Å²) in [5, 5.41) is 18.1. The number of anilines is 1. The van der Waals surface area contributed by atoms with Crippen molar-refractivity contribution in [3.05, 3.63) is 35.9 Å². The van der Waals surface area contributed by atoms with Crippen LogP contribution in [0.4, 0.5) is 10.5 Å². The van der Waals surface area contributed by atoms with Crippen LogP contribution in [0.25, 0.3) is 6.08 Å². The lowest BCUT2D eigenvalue weighted by molar-refractivity contribution is -0.124. The predicted octanol–water partition coefficient (Wildman–Crippen LogP) is 3.59. The first-order chi connectivity index (χ1) is 13.7. The minimum absolute atomic E-state index is 0.00118. The summed E-state index contributed by atoms with van der Waals surface area (Å²) in [5.74, 6) is -0.564. The maximum Gasteiger partial charge on any atom is 0.407 e. The maximum absolute atomic E-state index is 11.5. The van der Waals surface area contributed by atoms with E-state index in [1.54, 1.807) is 11.6 Å². The van der Waals surface area contributed by atoms with Gasteiger partial charge in [-0.1, -0.05) is 39.0 Å². The Bertz CT molecular complexity index is 791. The van der Waals surface area contributed by atoms with Gasteiger partial charge in [-0.25, -0.2) is 10.3 Å². The van der Waals surface area contributed by atoms with E-state index in [2.05, 4.69) is 31.7 Å². The number of nitrogens with zero attached hydrogens (tertiary/aromatic N) is 2. The molecule has 0 radical (unpaired) electrons. The third-order valence-electron chi connectivity index (χ3n) is 6.36. The highest BCUT2D eigenvalue weighted by Gasteiger charge is 2.53. The number of rotatable bonds is 3. The number of hydroxylamine groups is 1. The van der Waals surface area contributed by atoms with E-state index in [0.29, 0.717) is 13.1 Å². The second-order valence-corrected chi connectivity index (χ2v) is 9.21. The van der Waals surface area contributed by atoms with Crippen LogP contribution in [0.3, 0.4) is 0 Å². The Hall–Kier alpha value is -2.54. The molecule has 0 aromatic heterocycles. The first-order valence-corrected chi connectivity index (χ1v) is 10.1. The molecule has 0 bridgehead atoms. The summed E-state index contributed by atoms with van der Waals surface area (Å²) in [6.45, 7) is 8.80. The average Bonchev–Trinajstić information content (AvgIpc) is 3.05. The molecule has 1 unspecified atom stereocenters. The minimum Gasteiger partial charge on any atom is -0.465 e. The number of para-hydroxylation sites is 1. The Morgan fingerprint density at radius 2 is 1.76 bits per heavy atom. The van der Waals surface area contributed by atoms with Gasteiger partial charge in [-0.2, -0.15) is 0 Å². The zero-order valence-corrected chi connectivity index (χ0v) is 17.4. The second-order valence-electron chi connectivity index (χ2n) is 9.21. The van der Waals surface area contributed by atoms with Crippen molar-refractivity contribution in [1.29, 1.82) is 0 Å². The zero-order valence-electron chi connectivity index (χ0n) is 17.4. The van der Waals surface area contributed by atoms with Crippen molar-refractivity contribution in [2.24, 2.45) is 10.8 Å². The molecule has 2 amide bonds. The van der Waals surface area contributed by atoms with Gasteiger partial charge in [-0.15, -0.1) is 0 Å². The van der Waals surface area contributed by atoms with Gasteiger partial charge >= 0.3 is 6.09 Å². The fourth-order valence-electron chi connectivity index (χ4n) is 5.34. The molecule has 3 rings (SSSR count). The summed E-state index contributed by atoms with van der Waals surface area (Å²) in [6, 6.07) is 8.22. The van der Waals surface area contributed by atoms with Gasteiger partial charge < -0.3 is 14.9 Å². The molecule has 0 aliphatic carbocycles. The number of carbonyl (C=O) groups excluding carboxylic acids is 1. The van der Waals surface area contributed by atoms with Crippen LogP contribution in [0, 0.1) is 10.8 Å². The first kappa shape index (κ1) is 21.2. The van der Waals surface area contributed by atoms with Crippen LogP contribution < -0.4 is 10.4 Å². The third-order valence-corrected chi connectivity index (χ3v) is 6.36. The molecule has 2 aliphatic rings.